The van der Waals surface area contributed by atoms with Crippen molar-refractivity contribution in [1.82, 2.24) is 15.5 Å². The minimum absolute atomic E-state index is 0.351. The standard InChI is InChI=1S/C13H20N4O2/c1-9(12(18)16-13(19)15-2)17(3)8-10-6-4-5-7-11(10)14/h4-7,9H,8,14H2,1-3H3,(H2,15,16,18,19). The van der Waals surface area contributed by atoms with Crippen LogP contribution in [0.15, 0.2) is 24.3 Å². The maximum absolute atomic E-state index is 11.8. The molecule has 0 radical (unpaired) electrons. The van der Waals surface area contributed by atoms with Crippen molar-refractivity contribution in [2.24, 2.45) is 0 Å². The van der Waals surface area contributed by atoms with Gasteiger partial charge in [0.05, 0.1) is 6.04 Å². The summed E-state index contributed by atoms with van der Waals surface area (Å²) in [6.07, 6.45) is 0. The van der Waals surface area contributed by atoms with E-state index >= 15 is 0 Å². The summed E-state index contributed by atoms with van der Waals surface area (Å²) in [7, 11) is 3.27. The van der Waals surface area contributed by atoms with Crippen molar-refractivity contribution in [2.75, 3.05) is 19.8 Å². The molecule has 6 heteroatoms. The third kappa shape index (κ3) is 4.26. The van der Waals surface area contributed by atoms with Crippen molar-refractivity contribution < 1.29 is 9.59 Å². The van der Waals surface area contributed by atoms with Gasteiger partial charge in [-0.25, -0.2) is 4.79 Å². The lowest BCUT2D eigenvalue weighted by Gasteiger charge is -2.24. The Balaban J connectivity index is 2.62. The Morgan fingerprint density at radius 2 is 2.00 bits per heavy atom. The van der Waals surface area contributed by atoms with E-state index in [0.29, 0.717) is 12.2 Å². The van der Waals surface area contributed by atoms with Gasteiger partial charge < -0.3 is 11.1 Å². The molecule has 104 valence electrons. The van der Waals surface area contributed by atoms with Gasteiger partial charge in [-0.05, 0) is 25.6 Å². The second-order valence-electron chi connectivity index (χ2n) is 4.36. The third-order valence-electron chi connectivity index (χ3n) is 2.98. The Bertz CT molecular complexity index is 462. The Hall–Kier alpha value is -2.08. The zero-order valence-electron chi connectivity index (χ0n) is 11.4. The fourth-order valence-electron chi connectivity index (χ4n) is 1.56. The molecule has 0 spiro atoms. The van der Waals surface area contributed by atoms with E-state index < -0.39 is 12.1 Å². The van der Waals surface area contributed by atoms with Crippen molar-refractivity contribution in [3.8, 4) is 0 Å². The number of urea groups is 1. The summed E-state index contributed by atoms with van der Waals surface area (Å²) in [5.41, 5.74) is 7.49. The molecule has 0 fully saturated rings. The molecular formula is C13H20N4O2. The number of imide groups is 1. The predicted molar refractivity (Wildman–Crippen MR) is 74.4 cm³/mol. The van der Waals surface area contributed by atoms with Crippen LogP contribution in [0.3, 0.4) is 0 Å². The molecule has 6 nitrogen and oxygen atoms in total. The maximum atomic E-state index is 11.8. The first-order valence-corrected chi connectivity index (χ1v) is 6.02. The number of carbonyl (C=O) groups is 2. The summed E-state index contributed by atoms with van der Waals surface area (Å²) in [5.74, 6) is -0.351. The Labute approximate surface area is 113 Å². The first kappa shape index (κ1) is 15.0. The van der Waals surface area contributed by atoms with Crippen LogP contribution in [0, 0.1) is 0 Å². The van der Waals surface area contributed by atoms with E-state index in [1.165, 1.54) is 7.05 Å². The summed E-state index contributed by atoms with van der Waals surface area (Å²) in [4.78, 5) is 24.7. The van der Waals surface area contributed by atoms with Crippen LogP contribution in [0.25, 0.3) is 0 Å². The number of hydrogen-bond donors (Lipinski definition) is 3. The monoisotopic (exact) mass is 264 g/mol. The van der Waals surface area contributed by atoms with Gasteiger partial charge in [-0.1, -0.05) is 18.2 Å². The zero-order chi connectivity index (χ0) is 14.4. The molecule has 0 saturated carbocycles. The molecule has 1 atom stereocenters. The van der Waals surface area contributed by atoms with Crippen LogP contribution in [0.4, 0.5) is 10.5 Å². The predicted octanol–water partition coefficient (Wildman–Crippen LogP) is 0.545. The molecule has 0 aromatic heterocycles. The van der Waals surface area contributed by atoms with E-state index in [2.05, 4.69) is 10.6 Å². The summed E-state index contributed by atoms with van der Waals surface area (Å²) >= 11 is 0. The van der Waals surface area contributed by atoms with E-state index in [4.69, 9.17) is 5.73 Å². The van der Waals surface area contributed by atoms with Gasteiger partial charge in [0.1, 0.15) is 0 Å². The molecule has 0 saturated heterocycles. The molecule has 0 heterocycles. The molecule has 1 aromatic carbocycles. The number of carbonyl (C=O) groups excluding carboxylic acids is 2. The first-order valence-electron chi connectivity index (χ1n) is 6.02. The van der Waals surface area contributed by atoms with Crippen molar-refractivity contribution in [1.29, 1.82) is 0 Å². The van der Waals surface area contributed by atoms with Crippen LogP contribution < -0.4 is 16.4 Å². The molecule has 19 heavy (non-hydrogen) atoms. The number of likely N-dealkylation sites (N-methyl/N-ethyl adjacent to an activating group) is 1. The molecular weight excluding hydrogens is 244 g/mol. The molecule has 1 unspecified atom stereocenters. The summed E-state index contributed by atoms with van der Waals surface area (Å²) in [5, 5.41) is 4.59. The van der Waals surface area contributed by atoms with Gasteiger partial charge in [-0.3, -0.25) is 15.0 Å². The number of nitrogens with one attached hydrogen (secondary N) is 2. The molecule has 0 aliphatic carbocycles. The molecule has 0 aliphatic rings. The number of amides is 3. The maximum Gasteiger partial charge on any atom is 0.321 e. The van der Waals surface area contributed by atoms with Crippen LogP contribution in [0.5, 0.6) is 0 Å². The van der Waals surface area contributed by atoms with E-state index in [9.17, 15) is 9.59 Å². The normalized spacial score (nSPS) is 12.0. The summed E-state index contributed by atoms with van der Waals surface area (Å²) in [6, 6.07) is 6.55. The number of anilines is 1. The van der Waals surface area contributed by atoms with E-state index in [1.807, 2.05) is 29.2 Å². The highest BCUT2D eigenvalue weighted by Gasteiger charge is 2.20. The SMILES string of the molecule is CNC(=O)NC(=O)C(C)N(C)Cc1ccccc1N. The highest BCUT2D eigenvalue weighted by atomic mass is 16.2. The quantitative estimate of drug-likeness (QED) is 0.693. The first-order chi connectivity index (χ1) is 8.95. The van der Waals surface area contributed by atoms with E-state index in [-0.39, 0.29) is 5.91 Å². The molecule has 4 N–H and O–H groups in total. The Morgan fingerprint density at radius 3 is 2.58 bits per heavy atom. The average molecular weight is 264 g/mol. The lowest BCUT2D eigenvalue weighted by atomic mass is 10.1. The van der Waals surface area contributed by atoms with Crippen molar-refractivity contribution in [3.63, 3.8) is 0 Å². The number of hydrogen-bond acceptors (Lipinski definition) is 4. The van der Waals surface area contributed by atoms with Gasteiger partial charge in [0.15, 0.2) is 0 Å². The molecule has 1 rings (SSSR count). The summed E-state index contributed by atoms with van der Waals surface area (Å²) < 4.78 is 0. The van der Waals surface area contributed by atoms with Crippen molar-refractivity contribution in [2.45, 2.75) is 19.5 Å². The largest absolute Gasteiger partial charge is 0.398 e. The highest BCUT2D eigenvalue weighted by Crippen LogP contribution is 2.13. The number of nitrogens with zero attached hydrogens (tertiary/aromatic N) is 1. The Kier molecular flexibility index (Phi) is 5.32. The molecule has 3 amide bonds. The van der Waals surface area contributed by atoms with E-state index in [1.54, 1.807) is 14.0 Å². The fraction of sp³-hybridized carbons (Fsp3) is 0.385. The van der Waals surface area contributed by atoms with Crippen molar-refractivity contribution >= 4 is 17.6 Å². The number of nitrogen functional groups attached to an aromatic ring is 1. The topological polar surface area (TPSA) is 87.5 Å². The summed E-state index contributed by atoms with van der Waals surface area (Å²) in [6.45, 7) is 2.27. The average Bonchev–Trinajstić information content (AvgIpc) is 2.40. The van der Waals surface area contributed by atoms with Gasteiger partial charge in [-0.15, -0.1) is 0 Å². The van der Waals surface area contributed by atoms with Crippen LogP contribution in [0.2, 0.25) is 0 Å². The lowest BCUT2D eigenvalue weighted by Crippen LogP contribution is -2.47. The molecule has 0 aliphatic heterocycles. The smallest absolute Gasteiger partial charge is 0.321 e. The van der Waals surface area contributed by atoms with Gasteiger partial charge in [-0.2, -0.15) is 0 Å². The lowest BCUT2D eigenvalue weighted by molar-refractivity contribution is -0.124. The number of para-hydroxylation sites is 1. The van der Waals surface area contributed by atoms with Crippen LogP contribution in [-0.4, -0.2) is 37.0 Å². The minimum atomic E-state index is -0.510. The highest BCUT2D eigenvalue weighted by molar-refractivity contribution is 5.96. The molecule has 1 aromatic rings. The van der Waals surface area contributed by atoms with Crippen molar-refractivity contribution in [3.05, 3.63) is 29.8 Å². The van der Waals surface area contributed by atoms with Gasteiger partial charge >= 0.3 is 6.03 Å². The van der Waals surface area contributed by atoms with Gasteiger partial charge in [0, 0.05) is 19.3 Å². The zero-order valence-corrected chi connectivity index (χ0v) is 11.4. The minimum Gasteiger partial charge on any atom is -0.398 e. The van der Waals surface area contributed by atoms with Crippen LogP contribution in [-0.2, 0) is 11.3 Å². The molecule has 0 bridgehead atoms. The van der Waals surface area contributed by atoms with E-state index in [0.717, 1.165) is 5.56 Å². The number of nitrogens with two attached hydrogens (primary N) is 1. The van der Waals surface area contributed by atoms with Crippen LogP contribution in [0.1, 0.15) is 12.5 Å². The second kappa shape index (κ2) is 6.75. The fourth-order valence-corrected chi connectivity index (χ4v) is 1.56. The Morgan fingerprint density at radius 1 is 1.37 bits per heavy atom. The van der Waals surface area contributed by atoms with Gasteiger partial charge in [0.25, 0.3) is 0 Å². The number of rotatable bonds is 4. The van der Waals surface area contributed by atoms with Gasteiger partial charge in [0.2, 0.25) is 5.91 Å². The number of benzene rings is 1. The second-order valence-corrected chi connectivity index (χ2v) is 4.36. The van der Waals surface area contributed by atoms with Crippen LogP contribution >= 0.6 is 0 Å². The third-order valence-corrected chi connectivity index (χ3v) is 2.98.